The van der Waals surface area contributed by atoms with E-state index in [4.69, 9.17) is 14.2 Å². The van der Waals surface area contributed by atoms with E-state index in [2.05, 4.69) is 20.8 Å². The molecule has 5 aliphatic rings. The van der Waals surface area contributed by atoms with Crippen LogP contribution < -0.4 is 0 Å². The van der Waals surface area contributed by atoms with Gasteiger partial charge in [-0.25, -0.2) is 9.59 Å². The van der Waals surface area contributed by atoms with Crippen molar-refractivity contribution in [3.05, 3.63) is 46.6 Å². The third-order valence-electron chi connectivity index (χ3n) is 10.7. The zero-order valence-corrected chi connectivity index (χ0v) is 24.1. The van der Waals surface area contributed by atoms with Crippen molar-refractivity contribution in [1.82, 2.24) is 0 Å². The molecule has 1 saturated carbocycles. The lowest BCUT2D eigenvalue weighted by Gasteiger charge is -2.52. The summed E-state index contributed by atoms with van der Waals surface area (Å²) in [7, 11) is 0. The average molecular weight is 537 g/mol. The van der Waals surface area contributed by atoms with Gasteiger partial charge in [-0.15, -0.1) is 0 Å². The number of allylic oxidation sites excluding steroid dienone is 3. The number of esters is 3. The number of rotatable bonds is 3. The van der Waals surface area contributed by atoms with Crippen molar-refractivity contribution in [2.45, 2.75) is 98.4 Å². The Morgan fingerprint density at radius 3 is 2.51 bits per heavy atom. The third-order valence-corrected chi connectivity index (χ3v) is 10.7. The fourth-order valence-corrected chi connectivity index (χ4v) is 8.33. The standard InChI is InChI=1S/C32H40O7/c1-17-8-12-26(38-29(17)36)18(2)24-15-27(37-19(3)33)32(7)23-11-10-22-20(9-13-28(35)39-30(22,4)5)14-21(23)25(34)16-31(24,32)6/h8-9,13-14,18,22,24,26-27H,10-12,15-16H2,1-7H3. The maximum atomic E-state index is 14.0. The fraction of sp³-hybridized carbons (Fsp3) is 0.625. The number of Topliss-reactive ketones (excluding diaryl/α,β-unsaturated/α-hetero) is 1. The summed E-state index contributed by atoms with van der Waals surface area (Å²) in [6.07, 6.45) is 9.28. The predicted octanol–water partition coefficient (Wildman–Crippen LogP) is 5.35. The van der Waals surface area contributed by atoms with E-state index in [0.29, 0.717) is 43.3 Å². The van der Waals surface area contributed by atoms with Crippen molar-refractivity contribution >= 4 is 23.7 Å². The van der Waals surface area contributed by atoms with Gasteiger partial charge in [0.15, 0.2) is 5.78 Å². The van der Waals surface area contributed by atoms with E-state index in [-0.39, 0.29) is 47.5 Å². The van der Waals surface area contributed by atoms with E-state index < -0.39 is 22.5 Å². The normalized spacial score (nSPS) is 38.2. The number of carbonyl (C=O) groups is 4. The molecule has 210 valence electrons. The molecule has 0 amide bonds. The van der Waals surface area contributed by atoms with Gasteiger partial charge in [-0.3, -0.25) is 9.59 Å². The van der Waals surface area contributed by atoms with E-state index in [1.165, 1.54) is 13.0 Å². The summed E-state index contributed by atoms with van der Waals surface area (Å²) in [6.45, 7) is 13.5. The second-order valence-corrected chi connectivity index (χ2v) is 13.1. The van der Waals surface area contributed by atoms with Crippen molar-refractivity contribution in [2.24, 2.45) is 28.6 Å². The van der Waals surface area contributed by atoms with Crippen molar-refractivity contribution < 1.29 is 33.4 Å². The first-order chi connectivity index (χ1) is 18.2. The maximum Gasteiger partial charge on any atom is 0.333 e. The van der Waals surface area contributed by atoms with Crippen LogP contribution in [0.2, 0.25) is 0 Å². The molecule has 7 nitrogen and oxygen atoms in total. The molecule has 0 N–H and O–H groups in total. The van der Waals surface area contributed by atoms with Gasteiger partial charge in [0, 0.05) is 48.3 Å². The minimum absolute atomic E-state index is 0.00636. The first-order valence-corrected chi connectivity index (χ1v) is 14.1. The van der Waals surface area contributed by atoms with Gasteiger partial charge in [-0.05, 0) is 74.5 Å². The molecule has 1 fully saturated rings. The van der Waals surface area contributed by atoms with Crippen LogP contribution in [0.4, 0.5) is 0 Å². The molecule has 0 bridgehead atoms. The molecular formula is C32H40O7. The number of ether oxygens (including phenoxy) is 3. The molecule has 0 radical (unpaired) electrons. The Balaban J connectivity index is 1.60. The van der Waals surface area contributed by atoms with Crippen molar-refractivity contribution in [3.8, 4) is 0 Å². The van der Waals surface area contributed by atoms with E-state index in [1.807, 2.05) is 26.0 Å². The molecule has 0 spiro atoms. The van der Waals surface area contributed by atoms with E-state index in [9.17, 15) is 19.2 Å². The molecule has 2 heterocycles. The topological polar surface area (TPSA) is 96.0 Å². The number of ketones is 1. The number of hydrogen-bond donors (Lipinski definition) is 0. The van der Waals surface area contributed by atoms with Gasteiger partial charge in [-0.1, -0.05) is 32.9 Å². The van der Waals surface area contributed by atoms with Crippen LogP contribution in [0, 0.1) is 28.6 Å². The van der Waals surface area contributed by atoms with Crippen LogP contribution >= 0.6 is 0 Å². The summed E-state index contributed by atoms with van der Waals surface area (Å²) in [6, 6.07) is 0. The summed E-state index contributed by atoms with van der Waals surface area (Å²) in [5.41, 5.74) is 1.41. The lowest BCUT2D eigenvalue weighted by atomic mass is 9.52. The zero-order valence-electron chi connectivity index (χ0n) is 24.1. The Kier molecular flexibility index (Phi) is 6.59. The summed E-state index contributed by atoms with van der Waals surface area (Å²) in [5.74, 6) is -1.06. The zero-order chi connectivity index (χ0) is 28.5. The van der Waals surface area contributed by atoms with Gasteiger partial charge in [-0.2, -0.15) is 0 Å². The van der Waals surface area contributed by atoms with Gasteiger partial charge >= 0.3 is 17.9 Å². The average Bonchev–Trinajstić information content (AvgIpc) is 2.98. The van der Waals surface area contributed by atoms with Crippen LogP contribution in [0.1, 0.15) is 80.6 Å². The van der Waals surface area contributed by atoms with Gasteiger partial charge in [0.2, 0.25) is 0 Å². The van der Waals surface area contributed by atoms with Crippen LogP contribution in [0.15, 0.2) is 46.6 Å². The molecule has 0 aromatic rings. The van der Waals surface area contributed by atoms with E-state index in [0.717, 1.165) is 11.1 Å². The van der Waals surface area contributed by atoms with Gasteiger partial charge in [0.05, 0.1) is 0 Å². The molecule has 5 rings (SSSR count). The Bertz CT molecular complexity index is 1260. The van der Waals surface area contributed by atoms with Crippen molar-refractivity contribution in [2.75, 3.05) is 0 Å². The van der Waals surface area contributed by atoms with Crippen LogP contribution in [0.25, 0.3) is 0 Å². The minimum Gasteiger partial charge on any atom is -0.462 e. The highest BCUT2D eigenvalue weighted by atomic mass is 16.6. The van der Waals surface area contributed by atoms with Crippen LogP contribution in [0.5, 0.6) is 0 Å². The van der Waals surface area contributed by atoms with Crippen LogP contribution in [-0.2, 0) is 33.4 Å². The molecule has 7 atom stereocenters. The smallest absolute Gasteiger partial charge is 0.333 e. The first kappa shape index (κ1) is 27.6. The first-order valence-electron chi connectivity index (χ1n) is 14.1. The second-order valence-electron chi connectivity index (χ2n) is 13.1. The molecule has 2 aliphatic heterocycles. The molecule has 7 unspecified atom stereocenters. The molecule has 7 heteroatoms. The Morgan fingerprint density at radius 2 is 1.85 bits per heavy atom. The van der Waals surface area contributed by atoms with Crippen LogP contribution in [0.3, 0.4) is 0 Å². The molecule has 3 aliphatic carbocycles. The quantitative estimate of drug-likeness (QED) is 0.355. The molecule has 0 aromatic carbocycles. The van der Waals surface area contributed by atoms with E-state index >= 15 is 0 Å². The maximum absolute atomic E-state index is 14.0. The molecule has 0 saturated heterocycles. The SMILES string of the molecule is CC(=O)OC1CC(C(C)C2CC=C(C)C(=O)O2)C2(C)CC(=O)C3=C(CCC4C(=C3)C=CC(=O)OC4(C)C)C12C. The highest BCUT2D eigenvalue weighted by Gasteiger charge is 2.67. The minimum atomic E-state index is -0.729. The lowest BCUT2D eigenvalue weighted by Crippen LogP contribution is -2.51. The summed E-state index contributed by atoms with van der Waals surface area (Å²) < 4.78 is 17.7. The van der Waals surface area contributed by atoms with E-state index in [1.54, 1.807) is 13.0 Å². The second kappa shape index (κ2) is 9.31. The Morgan fingerprint density at radius 1 is 1.13 bits per heavy atom. The molecule has 0 aromatic heterocycles. The largest absolute Gasteiger partial charge is 0.462 e. The number of fused-ring (bicyclic) bond motifs is 3. The highest BCUT2D eigenvalue weighted by molar-refractivity contribution is 6.01. The third kappa shape index (κ3) is 4.23. The Labute approximate surface area is 230 Å². The van der Waals surface area contributed by atoms with Gasteiger partial charge in [0.25, 0.3) is 0 Å². The lowest BCUT2D eigenvalue weighted by molar-refractivity contribution is -0.154. The molecular weight excluding hydrogens is 496 g/mol. The highest BCUT2D eigenvalue weighted by Crippen LogP contribution is 2.68. The van der Waals surface area contributed by atoms with Gasteiger partial charge < -0.3 is 14.2 Å². The number of cyclic esters (lactones) is 2. The Hall–Kier alpha value is -2.96. The summed E-state index contributed by atoms with van der Waals surface area (Å²) in [4.78, 5) is 51.0. The summed E-state index contributed by atoms with van der Waals surface area (Å²) >= 11 is 0. The number of hydrogen-bond acceptors (Lipinski definition) is 7. The van der Waals surface area contributed by atoms with Crippen molar-refractivity contribution in [1.29, 1.82) is 0 Å². The summed E-state index contributed by atoms with van der Waals surface area (Å²) in [5, 5.41) is 0. The fourth-order valence-electron chi connectivity index (χ4n) is 8.33. The monoisotopic (exact) mass is 536 g/mol. The number of carbonyl (C=O) groups excluding carboxylic acids is 4. The predicted molar refractivity (Wildman–Crippen MR) is 144 cm³/mol. The van der Waals surface area contributed by atoms with Crippen LogP contribution in [-0.4, -0.2) is 41.5 Å². The molecule has 39 heavy (non-hydrogen) atoms. The van der Waals surface area contributed by atoms with Crippen molar-refractivity contribution in [3.63, 3.8) is 0 Å². The van der Waals surface area contributed by atoms with Gasteiger partial charge in [0.1, 0.15) is 17.8 Å².